The minimum atomic E-state index is 0.130. The van der Waals surface area contributed by atoms with Gasteiger partial charge in [0.2, 0.25) is 5.95 Å². The summed E-state index contributed by atoms with van der Waals surface area (Å²) in [5.74, 6) is 0.362. The molecule has 0 saturated heterocycles. The molecule has 1 unspecified atom stereocenters. The van der Waals surface area contributed by atoms with E-state index in [2.05, 4.69) is 32.2 Å². The van der Waals surface area contributed by atoms with E-state index in [0.29, 0.717) is 18.6 Å². The van der Waals surface area contributed by atoms with Crippen molar-refractivity contribution < 1.29 is 5.21 Å². The van der Waals surface area contributed by atoms with E-state index in [1.807, 2.05) is 30.3 Å². The molecule has 6 nitrogen and oxygen atoms in total. The van der Waals surface area contributed by atoms with Crippen LogP contribution in [0.25, 0.3) is 11.3 Å². The highest BCUT2D eigenvalue weighted by atomic mass is 16.4. The first-order valence-electron chi connectivity index (χ1n) is 8.09. The summed E-state index contributed by atoms with van der Waals surface area (Å²) in [6.07, 6.45) is 4.75. The molecule has 25 heavy (non-hydrogen) atoms. The minimum absolute atomic E-state index is 0.130. The van der Waals surface area contributed by atoms with E-state index < -0.39 is 0 Å². The monoisotopic (exact) mass is 331 g/mol. The number of aromatic nitrogens is 3. The Morgan fingerprint density at radius 2 is 1.84 bits per heavy atom. The summed E-state index contributed by atoms with van der Waals surface area (Å²) in [7, 11) is 0. The lowest BCUT2D eigenvalue weighted by Gasteiger charge is -2.26. The largest absolute Gasteiger partial charge is 0.411 e. The van der Waals surface area contributed by atoms with E-state index >= 15 is 0 Å². The Balaban J connectivity index is 1.79. The van der Waals surface area contributed by atoms with Crippen molar-refractivity contribution in [1.82, 2.24) is 15.0 Å². The van der Waals surface area contributed by atoms with Gasteiger partial charge in [-0.1, -0.05) is 35.5 Å². The van der Waals surface area contributed by atoms with E-state index in [4.69, 9.17) is 5.73 Å². The van der Waals surface area contributed by atoms with Crippen LogP contribution >= 0.6 is 0 Å². The van der Waals surface area contributed by atoms with Crippen LogP contribution in [0.2, 0.25) is 0 Å². The van der Waals surface area contributed by atoms with E-state index in [9.17, 15) is 5.21 Å². The predicted octanol–water partition coefficient (Wildman–Crippen LogP) is 3.03. The Kier molecular flexibility index (Phi) is 3.85. The Morgan fingerprint density at radius 1 is 1.00 bits per heavy atom. The third-order valence-electron chi connectivity index (χ3n) is 4.54. The average Bonchev–Trinajstić information content (AvgIpc) is 2.67. The van der Waals surface area contributed by atoms with Gasteiger partial charge in [0.1, 0.15) is 0 Å². The smallest absolute Gasteiger partial charge is 0.220 e. The van der Waals surface area contributed by atoms with Crippen molar-refractivity contribution in [2.75, 3.05) is 5.73 Å². The summed E-state index contributed by atoms with van der Waals surface area (Å²) >= 11 is 0. The van der Waals surface area contributed by atoms with Crippen molar-refractivity contribution in [3.8, 4) is 11.3 Å². The minimum Gasteiger partial charge on any atom is -0.411 e. The number of pyridine rings is 1. The molecule has 124 valence electrons. The number of anilines is 1. The van der Waals surface area contributed by atoms with Gasteiger partial charge in [-0.25, -0.2) is 9.97 Å². The molecular formula is C19H17N5O. The fraction of sp³-hybridized carbons (Fsp3) is 0.158. The molecule has 0 saturated carbocycles. The molecule has 0 amide bonds. The lowest BCUT2D eigenvalue weighted by molar-refractivity contribution is 0.316. The quantitative estimate of drug-likeness (QED) is 0.555. The number of fused-ring (bicyclic) bond motifs is 1. The number of nitrogen functional groups attached to an aromatic ring is 1. The van der Waals surface area contributed by atoms with E-state index in [1.54, 1.807) is 12.4 Å². The lowest BCUT2D eigenvalue weighted by Crippen LogP contribution is -2.22. The van der Waals surface area contributed by atoms with Crippen LogP contribution in [0.3, 0.4) is 0 Å². The molecule has 0 radical (unpaired) electrons. The second kappa shape index (κ2) is 6.32. The normalized spacial score (nSPS) is 18.1. The van der Waals surface area contributed by atoms with Gasteiger partial charge in [-0.05, 0) is 30.0 Å². The zero-order chi connectivity index (χ0) is 17.2. The fourth-order valence-electron chi connectivity index (χ4n) is 3.40. The zero-order valence-electron chi connectivity index (χ0n) is 13.5. The fourth-order valence-corrected chi connectivity index (χ4v) is 3.40. The number of nitrogens with zero attached hydrogens (tertiary/aromatic N) is 4. The van der Waals surface area contributed by atoms with Crippen LogP contribution in [0, 0.1) is 0 Å². The SMILES string of the molecule is Nc1ncc2c(n1)CC(c1ccccc1-c1ccccn1)C/C2=N\O. The van der Waals surface area contributed by atoms with Gasteiger partial charge in [0.05, 0.1) is 17.1 Å². The maximum atomic E-state index is 9.45. The van der Waals surface area contributed by atoms with Crippen molar-refractivity contribution in [3.63, 3.8) is 0 Å². The summed E-state index contributed by atoms with van der Waals surface area (Å²) in [5, 5.41) is 12.9. The van der Waals surface area contributed by atoms with Crippen molar-refractivity contribution >= 4 is 11.7 Å². The Bertz CT molecular complexity index is 940. The van der Waals surface area contributed by atoms with Crippen molar-refractivity contribution in [1.29, 1.82) is 0 Å². The van der Waals surface area contributed by atoms with Crippen molar-refractivity contribution in [2.24, 2.45) is 5.16 Å². The first kappa shape index (κ1) is 15.3. The molecule has 3 N–H and O–H groups in total. The number of nitrogens with two attached hydrogens (primary N) is 1. The second-order valence-electron chi connectivity index (χ2n) is 6.04. The molecule has 0 fully saturated rings. The van der Waals surface area contributed by atoms with Gasteiger partial charge in [0.15, 0.2) is 0 Å². The van der Waals surface area contributed by atoms with Crippen molar-refractivity contribution in [2.45, 2.75) is 18.8 Å². The highest BCUT2D eigenvalue weighted by Crippen LogP contribution is 2.36. The summed E-state index contributed by atoms with van der Waals surface area (Å²) in [4.78, 5) is 12.8. The number of oxime groups is 1. The molecule has 0 spiro atoms. The molecule has 1 aromatic carbocycles. The van der Waals surface area contributed by atoms with Crippen molar-refractivity contribution in [3.05, 3.63) is 71.7 Å². The second-order valence-corrected chi connectivity index (χ2v) is 6.04. The summed E-state index contributed by atoms with van der Waals surface area (Å²) in [6, 6.07) is 14.1. The molecule has 3 aromatic rings. The average molecular weight is 331 g/mol. The molecule has 4 rings (SSSR count). The predicted molar refractivity (Wildman–Crippen MR) is 95.5 cm³/mol. The number of rotatable bonds is 2. The van der Waals surface area contributed by atoms with Crippen LogP contribution in [0.5, 0.6) is 0 Å². The van der Waals surface area contributed by atoms with Crippen LogP contribution < -0.4 is 5.73 Å². The van der Waals surface area contributed by atoms with Gasteiger partial charge in [0.25, 0.3) is 0 Å². The number of hydrogen-bond donors (Lipinski definition) is 2. The molecular weight excluding hydrogens is 314 g/mol. The topological polar surface area (TPSA) is 97.3 Å². The van der Waals surface area contributed by atoms with Crippen LogP contribution in [-0.2, 0) is 6.42 Å². The third-order valence-corrected chi connectivity index (χ3v) is 4.54. The summed E-state index contributed by atoms with van der Waals surface area (Å²) in [5.41, 5.74) is 11.1. The van der Waals surface area contributed by atoms with Gasteiger partial charge in [-0.3, -0.25) is 4.98 Å². The zero-order valence-corrected chi connectivity index (χ0v) is 13.5. The molecule has 1 aliphatic carbocycles. The summed E-state index contributed by atoms with van der Waals surface area (Å²) < 4.78 is 0. The number of benzene rings is 1. The molecule has 2 aromatic heterocycles. The number of hydrogen-bond acceptors (Lipinski definition) is 6. The van der Waals surface area contributed by atoms with E-state index in [-0.39, 0.29) is 11.9 Å². The van der Waals surface area contributed by atoms with Gasteiger partial charge in [-0.2, -0.15) is 0 Å². The summed E-state index contributed by atoms with van der Waals surface area (Å²) in [6.45, 7) is 0. The molecule has 0 bridgehead atoms. The van der Waals surface area contributed by atoms with Gasteiger partial charge >= 0.3 is 0 Å². The first-order valence-corrected chi connectivity index (χ1v) is 8.09. The Morgan fingerprint density at radius 3 is 2.64 bits per heavy atom. The van der Waals surface area contributed by atoms with Crippen LogP contribution in [-0.4, -0.2) is 25.9 Å². The third kappa shape index (κ3) is 2.82. The van der Waals surface area contributed by atoms with E-state index in [1.165, 1.54) is 0 Å². The molecule has 1 aliphatic rings. The lowest BCUT2D eigenvalue weighted by atomic mass is 9.79. The molecule has 2 heterocycles. The molecule has 1 atom stereocenters. The standard InChI is InChI=1S/C19H17N5O/c20-19-22-11-15-17(23-19)9-12(10-18(15)24-25)13-5-1-2-6-14(13)16-7-3-4-8-21-16/h1-8,11-12,25H,9-10H2,(H2,20,22,23)/b24-18+. The van der Waals surface area contributed by atoms with Crippen LogP contribution in [0.1, 0.15) is 29.2 Å². The molecule has 0 aliphatic heterocycles. The van der Waals surface area contributed by atoms with Gasteiger partial charge in [0, 0.05) is 29.9 Å². The maximum Gasteiger partial charge on any atom is 0.220 e. The van der Waals surface area contributed by atoms with E-state index in [0.717, 1.165) is 28.1 Å². The van der Waals surface area contributed by atoms with Crippen LogP contribution in [0.4, 0.5) is 5.95 Å². The first-order chi connectivity index (χ1) is 12.3. The Labute approximate surface area is 145 Å². The highest BCUT2D eigenvalue weighted by molar-refractivity contribution is 6.02. The van der Waals surface area contributed by atoms with Gasteiger partial charge < -0.3 is 10.9 Å². The molecule has 6 heteroatoms. The Hall–Kier alpha value is -3.28. The van der Waals surface area contributed by atoms with Crippen LogP contribution in [0.15, 0.2) is 60.0 Å². The van der Waals surface area contributed by atoms with Gasteiger partial charge in [-0.15, -0.1) is 0 Å². The maximum absolute atomic E-state index is 9.45. The highest BCUT2D eigenvalue weighted by Gasteiger charge is 2.28.